The highest BCUT2D eigenvalue weighted by molar-refractivity contribution is 7.89. The number of pyridine rings is 1. The van der Waals surface area contributed by atoms with Crippen molar-refractivity contribution in [3.05, 3.63) is 24.5 Å². The van der Waals surface area contributed by atoms with Gasteiger partial charge >= 0.3 is 0 Å². The predicted octanol–water partition coefficient (Wildman–Crippen LogP) is 0.351. The first-order valence-electron chi connectivity index (χ1n) is 8.48. The van der Waals surface area contributed by atoms with Crippen LogP contribution in [0.3, 0.4) is 0 Å². The first-order valence-corrected chi connectivity index (χ1v) is 9.92. The van der Waals surface area contributed by atoms with Crippen LogP contribution in [0.5, 0.6) is 0 Å². The van der Waals surface area contributed by atoms with Crippen molar-refractivity contribution in [2.45, 2.75) is 36.6 Å². The molecule has 2 saturated heterocycles. The van der Waals surface area contributed by atoms with Crippen LogP contribution in [0.4, 0.5) is 0 Å². The molecule has 3 heterocycles. The minimum absolute atomic E-state index is 0.0575. The Balaban J connectivity index is 1.54. The molecule has 2 aliphatic heterocycles. The SMILES string of the molecule is O=C(N[C@H]1CCCNC1)C1CCN(S(=O)(=O)c2cccnc2)CC1. The number of nitrogens with zero attached hydrogens (tertiary/aromatic N) is 2. The molecule has 2 aliphatic rings. The summed E-state index contributed by atoms with van der Waals surface area (Å²) in [7, 11) is -3.51. The van der Waals surface area contributed by atoms with E-state index in [4.69, 9.17) is 0 Å². The number of carbonyl (C=O) groups is 1. The van der Waals surface area contributed by atoms with Crippen molar-refractivity contribution in [1.82, 2.24) is 19.9 Å². The summed E-state index contributed by atoms with van der Waals surface area (Å²) >= 11 is 0. The van der Waals surface area contributed by atoms with Crippen molar-refractivity contribution >= 4 is 15.9 Å². The van der Waals surface area contributed by atoms with Gasteiger partial charge in [0.05, 0.1) is 0 Å². The smallest absolute Gasteiger partial charge is 0.244 e. The van der Waals surface area contributed by atoms with Crippen molar-refractivity contribution in [2.24, 2.45) is 5.92 Å². The van der Waals surface area contributed by atoms with Crippen LogP contribution in [0.1, 0.15) is 25.7 Å². The van der Waals surface area contributed by atoms with Crippen LogP contribution < -0.4 is 10.6 Å². The second-order valence-corrected chi connectivity index (χ2v) is 8.36. The van der Waals surface area contributed by atoms with E-state index in [1.807, 2.05) is 0 Å². The van der Waals surface area contributed by atoms with Crippen molar-refractivity contribution < 1.29 is 13.2 Å². The zero-order valence-corrected chi connectivity index (χ0v) is 14.5. The Morgan fingerprint density at radius 1 is 1.29 bits per heavy atom. The molecule has 0 bridgehead atoms. The van der Waals surface area contributed by atoms with Gasteiger partial charge in [0.1, 0.15) is 4.90 Å². The molecule has 2 fully saturated rings. The van der Waals surface area contributed by atoms with Gasteiger partial charge in [-0.1, -0.05) is 0 Å². The molecule has 132 valence electrons. The van der Waals surface area contributed by atoms with Gasteiger partial charge in [0.25, 0.3) is 0 Å². The standard InChI is InChI=1S/C16H24N4O3S/c21-16(19-14-3-1-7-17-11-14)13-5-9-20(10-6-13)24(22,23)15-4-2-8-18-12-15/h2,4,8,12-14,17H,1,3,5-7,9-11H2,(H,19,21)/t14-/m0/s1. The maximum atomic E-state index is 12.6. The Hall–Kier alpha value is -1.51. The number of sulfonamides is 1. The topological polar surface area (TPSA) is 91.4 Å². The van der Waals surface area contributed by atoms with E-state index in [0.29, 0.717) is 25.9 Å². The molecular formula is C16H24N4O3S. The van der Waals surface area contributed by atoms with E-state index < -0.39 is 10.0 Å². The third kappa shape index (κ3) is 3.93. The van der Waals surface area contributed by atoms with Gasteiger partial charge in [0.2, 0.25) is 15.9 Å². The first-order chi connectivity index (χ1) is 11.6. The van der Waals surface area contributed by atoms with E-state index in [0.717, 1.165) is 25.9 Å². The molecular weight excluding hydrogens is 328 g/mol. The van der Waals surface area contributed by atoms with Gasteiger partial charge in [-0.25, -0.2) is 8.42 Å². The molecule has 1 aromatic heterocycles. The van der Waals surface area contributed by atoms with Gasteiger partial charge in [-0.15, -0.1) is 0 Å². The Kier molecular flexibility index (Phi) is 5.47. The van der Waals surface area contributed by atoms with E-state index in [-0.39, 0.29) is 22.8 Å². The zero-order valence-electron chi connectivity index (χ0n) is 13.6. The lowest BCUT2D eigenvalue weighted by molar-refractivity contribution is -0.126. The van der Waals surface area contributed by atoms with Crippen LogP contribution in [0, 0.1) is 5.92 Å². The third-order valence-electron chi connectivity index (χ3n) is 4.74. The average molecular weight is 352 g/mol. The van der Waals surface area contributed by atoms with Gasteiger partial charge < -0.3 is 10.6 Å². The van der Waals surface area contributed by atoms with E-state index >= 15 is 0 Å². The average Bonchev–Trinajstić information content (AvgIpc) is 2.63. The summed E-state index contributed by atoms with van der Waals surface area (Å²) in [6, 6.07) is 3.37. The molecule has 24 heavy (non-hydrogen) atoms. The molecule has 0 aliphatic carbocycles. The first kappa shape index (κ1) is 17.3. The molecule has 0 radical (unpaired) electrons. The number of amides is 1. The number of hydrogen-bond donors (Lipinski definition) is 2. The van der Waals surface area contributed by atoms with Crippen LogP contribution in [-0.2, 0) is 14.8 Å². The lowest BCUT2D eigenvalue weighted by atomic mass is 9.96. The van der Waals surface area contributed by atoms with Crippen molar-refractivity contribution in [3.63, 3.8) is 0 Å². The summed E-state index contributed by atoms with van der Waals surface area (Å²) in [5.41, 5.74) is 0. The molecule has 0 unspecified atom stereocenters. The number of carbonyl (C=O) groups excluding carboxylic acids is 1. The monoisotopic (exact) mass is 352 g/mol. The highest BCUT2D eigenvalue weighted by Crippen LogP contribution is 2.23. The maximum absolute atomic E-state index is 12.6. The van der Waals surface area contributed by atoms with E-state index in [9.17, 15) is 13.2 Å². The second kappa shape index (κ2) is 7.58. The van der Waals surface area contributed by atoms with E-state index in [1.165, 1.54) is 10.5 Å². The maximum Gasteiger partial charge on any atom is 0.244 e. The minimum atomic E-state index is -3.51. The summed E-state index contributed by atoms with van der Waals surface area (Å²) < 4.78 is 26.6. The lowest BCUT2D eigenvalue weighted by Crippen LogP contribution is -2.49. The highest BCUT2D eigenvalue weighted by atomic mass is 32.2. The fraction of sp³-hybridized carbons (Fsp3) is 0.625. The van der Waals surface area contributed by atoms with Gasteiger partial charge in [-0.05, 0) is 44.4 Å². The quantitative estimate of drug-likeness (QED) is 0.816. The Morgan fingerprint density at radius 3 is 2.71 bits per heavy atom. The second-order valence-electron chi connectivity index (χ2n) is 6.42. The molecule has 1 amide bonds. The Labute approximate surface area is 142 Å². The summed E-state index contributed by atoms with van der Waals surface area (Å²) in [6.07, 6.45) is 6.12. The van der Waals surface area contributed by atoms with Crippen molar-refractivity contribution in [2.75, 3.05) is 26.2 Å². The summed E-state index contributed by atoms with van der Waals surface area (Å²) in [6.45, 7) is 2.58. The number of hydrogen-bond acceptors (Lipinski definition) is 5. The van der Waals surface area contributed by atoms with Gasteiger partial charge in [0, 0.05) is 44.0 Å². The predicted molar refractivity (Wildman–Crippen MR) is 89.8 cm³/mol. The van der Waals surface area contributed by atoms with Crippen LogP contribution in [-0.4, -0.2) is 55.8 Å². The van der Waals surface area contributed by atoms with Crippen LogP contribution in [0.15, 0.2) is 29.4 Å². The Bertz CT molecular complexity index is 651. The molecule has 2 N–H and O–H groups in total. The van der Waals surface area contributed by atoms with Crippen LogP contribution >= 0.6 is 0 Å². The number of rotatable bonds is 4. The lowest BCUT2D eigenvalue weighted by Gasteiger charge is -2.32. The van der Waals surface area contributed by atoms with Gasteiger partial charge in [-0.3, -0.25) is 9.78 Å². The molecule has 0 aromatic carbocycles. The minimum Gasteiger partial charge on any atom is -0.352 e. The Morgan fingerprint density at radius 2 is 2.08 bits per heavy atom. The summed E-state index contributed by atoms with van der Waals surface area (Å²) in [5.74, 6) is -0.0469. The summed E-state index contributed by atoms with van der Waals surface area (Å²) in [5, 5.41) is 6.37. The fourth-order valence-corrected chi connectivity index (χ4v) is 4.74. The largest absolute Gasteiger partial charge is 0.352 e. The summed E-state index contributed by atoms with van der Waals surface area (Å²) in [4.78, 5) is 16.5. The van der Waals surface area contributed by atoms with Gasteiger partial charge in [-0.2, -0.15) is 4.31 Å². The number of nitrogens with one attached hydrogen (secondary N) is 2. The van der Waals surface area contributed by atoms with Crippen LogP contribution in [0.25, 0.3) is 0 Å². The van der Waals surface area contributed by atoms with E-state index in [2.05, 4.69) is 15.6 Å². The fourth-order valence-electron chi connectivity index (χ4n) is 3.30. The van der Waals surface area contributed by atoms with Crippen molar-refractivity contribution in [1.29, 1.82) is 0 Å². The van der Waals surface area contributed by atoms with Crippen molar-refractivity contribution in [3.8, 4) is 0 Å². The number of piperidine rings is 2. The van der Waals surface area contributed by atoms with Gasteiger partial charge in [0.15, 0.2) is 0 Å². The molecule has 3 rings (SSSR count). The normalized spacial score (nSPS) is 23.8. The molecule has 1 aromatic rings. The number of aromatic nitrogens is 1. The highest BCUT2D eigenvalue weighted by Gasteiger charge is 2.32. The zero-order chi connectivity index (χ0) is 17.0. The molecule has 8 heteroatoms. The molecule has 1 atom stereocenters. The molecule has 0 saturated carbocycles. The molecule has 7 nitrogen and oxygen atoms in total. The third-order valence-corrected chi connectivity index (χ3v) is 6.62. The van der Waals surface area contributed by atoms with E-state index in [1.54, 1.807) is 18.3 Å². The van der Waals surface area contributed by atoms with Crippen LogP contribution in [0.2, 0.25) is 0 Å². The molecule has 0 spiro atoms.